The number of ether oxygens (including phenoxy) is 1. The van der Waals surface area contributed by atoms with Crippen LogP contribution >= 0.6 is 0 Å². The molecule has 0 fully saturated rings. The van der Waals surface area contributed by atoms with Gasteiger partial charge in [0.2, 0.25) is 0 Å². The SMILES string of the molecule is CCC(OS(=O)(=O)O)c1cc(=O)oc2c3c(cc(O)c12)OC(C(C)(C)O)C3. The summed E-state index contributed by atoms with van der Waals surface area (Å²) in [5.41, 5.74) is -1.41. The van der Waals surface area contributed by atoms with E-state index >= 15 is 0 Å². The first-order chi connectivity index (χ1) is 12.4. The van der Waals surface area contributed by atoms with Gasteiger partial charge < -0.3 is 19.4 Å². The third-order valence-electron chi connectivity index (χ3n) is 4.49. The van der Waals surface area contributed by atoms with Crippen LogP contribution in [0.2, 0.25) is 0 Å². The smallest absolute Gasteiger partial charge is 0.397 e. The van der Waals surface area contributed by atoms with Gasteiger partial charge >= 0.3 is 16.0 Å². The topological polar surface area (TPSA) is 144 Å². The van der Waals surface area contributed by atoms with E-state index in [0.717, 1.165) is 6.07 Å². The second-order valence-electron chi connectivity index (χ2n) is 6.98. The highest BCUT2D eigenvalue weighted by molar-refractivity contribution is 7.80. The minimum atomic E-state index is -4.79. The molecule has 1 aromatic carbocycles. The lowest BCUT2D eigenvalue weighted by atomic mass is 9.94. The second kappa shape index (κ2) is 6.48. The molecule has 0 saturated heterocycles. The number of aliphatic hydroxyl groups is 1. The van der Waals surface area contributed by atoms with Crippen molar-refractivity contribution in [1.29, 1.82) is 0 Å². The molecule has 0 saturated carbocycles. The molecule has 3 N–H and O–H groups in total. The van der Waals surface area contributed by atoms with Crippen LogP contribution in [-0.4, -0.2) is 34.9 Å². The number of phenolic OH excluding ortho intramolecular Hbond substituents is 1. The van der Waals surface area contributed by atoms with Crippen molar-refractivity contribution in [3.8, 4) is 11.5 Å². The number of benzene rings is 1. The molecular formula is C17H20O9S. The van der Waals surface area contributed by atoms with Gasteiger partial charge in [-0.25, -0.2) is 8.98 Å². The van der Waals surface area contributed by atoms with E-state index in [1.54, 1.807) is 20.8 Å². The molecule has 0 radical (unpaired) electrons. The number of hydrogen-bond acceptors (Lipinski definition) is 8. The molecule has 2 aromatic rings. The van der Waals surface area contributed by atoms with Crippen LogP contribution in [0.5, 0.6) is 11.5 Å². The van der Waals surface area contributed by atoms with Gasteiger partial charge in [-0.15, -0.1) is 0 Å². The molecule has 1 aromatic heterocycles. The molecule has 2 heterocycles. The normalized spacial score (nSPS) is 18.3. The number of aromatic hydroxyl groups is 1. The standard InChI is InChI=1S/C17H20O9S/c1-4-11(26-27(21,22)23)8-6-14(19)25-16-9-5-13(17(2,3)20)24-12(9)7-10(18)15(8)16/h6-7,11,13,18,20H,4-5H2,1-3H3,(H,21,22,23). The molecule has 1 aliphatic heterocycles. The van der Waals surface area contributed by atoms with E-state index in [1.165, 1.54) is 6.07 Å². The van der Waals surface area contributed by atoms with Gasteiger partial charge in [0.15, 0.2) is 0 Å². The van der Waals surface area contributed by atoms with Crippen LogP contribution in [0.4, 0.5) is 0 Å². The van der Waals surface area contributed by atoms with Crippen LogP contribution in [0.1, 0.15) is 44.4 Å². The summed E-state index contributed by atoms with van der Waals surface area (Å²) in [5, 5.41) is 20.8. The van der Waals surface area contributed by atoms with Crippen molar-refractivity contribution in [2.75, 3.05) is 0 Å². The number of phenols is 1. The van der Waals surface area contributed by atoms with Crippen LogP contribution in [0.3, 0.4) is 0 Å². The Morgan fingerprint density at radius 3 is 2.59 bits per heavy atom. The van der Waals surface area contributed by atoms with Crippen molar-refractivity contribution < 1.29 is 36.5 Å². The van der Waals surface area contributed by atoms with E-state index in [0.29, 0.717) is 5.56 Å². The van der Waals surface area contributed by atoms with Gasteiger partial charge in [-0.2, -0.15) is 8.42 Å². The van der Waals surface area contributed by atoms with Crippen LogP contribution in [0, 0.1) is 0 Å². The first kappa shape index (κ1) is 19.6. The maximum Gasteiger partial charge on any atom is 0.397 e. The number of rotatable bonds is 5. The molecule has 0 aliphatic carbocycles. The lowest BCUT2D eigenvalue weighted by Gasteiger charge is -2.24. The molecular weight excluding hydrogens is 380 g/mol. The Morgan fingerprint density at radius 1 is 1.37 bits per heavy atom. The summed E-state index contributed by atoms with van der Waals surface area (Å²) in [7, 11) is -4.79. The monoisotopic (exact) mass is 400 g/mol. The number of fused-ring (bicyclic) bond motifs is 3. The van der Waals surface area contributed by atoms with Gasteiger partial charge in [0.25, 0.3) is 0 Å². The van der Waals surface area contributed by atoms with Crippen LogP contribution in [0.15, 0.2) is 21.3 Å². The first-order valence-electron chi connectivity index (χ1n) is 8.28. The highest BCUT2D eigenvalue weighted by atomic mass is 32.3. The predicted molar refractivity (Wildman–Crippen MR) is 94.2 cm³/mol. The Labute approximate surface area is 155 Å². The molecule has 27 heavy (non-hydrogen) atoms. The van der Waals surface area contributed by atoms with Crippen molar-refractivity contribution in [2.45, 2.75) is 51.4 Å². The highest BCUT2D eigenvalue weighted by Crippen LogP contribution is 2.44. The fourth-order valence-corrected chi connectivity index (χ4v) is 3.73. The number of hydrogen-bond donors (Lipinski definition) is 3. The Kier molecular flexibility index (Phi) is 4.71. The maximum atomic E-state index is 12.1. The minimum absolute atomic E-state index is 0.0247. The predicted octanol–water partition coefficient (Wildman–Crippen LogP) is 1.84. The van der Waals surface area contributed by atoms with Gasteiger partial charge in [-0.3, -0.25) is 4.55 Å². The molecule has 0 amide bonds. The Hall–Kier alpha value is -2.14. The van der Waals surface area contributed by atoms with E-state index in [1.807, 2.05) is 0 Å². The average Bonchev–Trinajstić information content (AvgIpc) is 2.95. The van der Waals surface area contributed by atoms with E-state index in [2.05, 4.69) is 4.18 Å². The zero-order valence-corrected chi connectivity index (χ0v) is 15.7. The summed E-state index contributed by atoms with van der Waals surface area (Å²) in [6, 6.07) is 2.32. The molecule has 10 heteroatoms. The molecule has 9 nitrogen and oxygen atoms in total. The largest absolute Gasteiger partial charge is 0.507 e. The van der Waals surface area contributed by atoms with Crippen molar-refractivity contribution in [3.63, 3.8) is 0 Å². The molecule has 0 bridgehead atoms. The van der Waals surface area contributed by atoms with Crippen molar-refractivity contribution in [1.82, 2.24) is 0 Å². The summed E-state index contributed by atoms with van der Waals surface area (Å²) in [4.78, 5) is 12.1. The maximum absolute atomic E-state index is 12.1. The van der Waals surface area contributed by atoms with E-state index in [9.17, 15) is 23.4 Å². The Bertz CT molecular complexity index is 1050. The van der Waals surface area contributed by atoms with Gasteiger partial charge in [0, 0.05) is 29.7 Å². The van der Waals surface area contributed by atoms with E-state index in [4.69, 9.17) is 13.7 Å². The van der Waals surface area contributed by atoms with Gasteiger partial charge in [-0.1, -0.05) is 6.92 Å². The highest BCUT2D eigenvalue weighted by Gasteiger charge is 2.38. The van der Waals surface area contributed by atoms with Crippen LogP contribution < -0.4 is 10.4 Å². The summed E-state index contributed by atoms with van der Waals surface area (Å²) >= 11 is 0. The summed E-state index contributed by atoms with van der Waals surface area (Å²) < 4.78 is 46.9. The quantitative estimate of drug-likeness (QED) is 0.506. The third kappa shape index (κ3) is 3.79. The molecule has 1 aliphatic rings. The molecule has 3 rings (SSSR count). The van der Waals surface area contributed by atoms with E-state index in [-0.39, 0.29) is 40.9 Å². The third-order valence-corrected chi connectivity index (χ3v) is 4.96. The van der Waals surface area contributed by atoms with Crippen molar-refractivity contribution in [3.05, 3.63) is 33.7 Å². The fourth-order valence-electron chi connectivity index (χ4n) is 3.20. The summed E-state index contributed by atoms with van der Waals surface area (Å²) in [6.07, 6.45) is -1.51. The van der Waals surface area contributed by atoms with Crippen molar-refractivity contribution >= 4 is 21.4 Å². The fraction of sp³-hybridized carbons (Fsp3) is 0.471. The lowest BCUT2D eigenvalue weighted by molar-refractivity contribution is -0.0229. The molecule has 2 unspecified atom stereocenters. The Balaban J connectivity index is 2.24. The lowest BCUT2D eigenvalue weighted by Crippen LogP contribution is -2.39. The van der Waals surface area contributed by atoms with Crippen LogP contribution in [-0.2, 0) is 21.0 Å². The second-order valence-corrected chi connectivity index (χ2v) is 8.03. The minimum Gasteiger partial charge on any atom is -0.507 e. The molecule has 148 valence electrons. The Morgan fingerprint density at radius 2 is 2.04 bits per heavy atom. The zero-order valence-electron chi connectivity index (χ0n) is 14.9. The summed E-state index contributed by atoms with van der Waals surface area (Å²) in [5.74, 6) is -0.0487. The summed E-state index contributed by atoms with van der Waals surface area (Å²) in [6.45, 7) is 4.73. The van der Waals surface area contributed by atoms with Gasteiger partial charge in [-0.05, 0) is 20.3 Å². The first-order valence-corrected chi connectivity index (χ1v) is 9.64. The zero-order chi connectivity index (χ0) is 20.1. The molecule has 2 atom stereocenters. The van der Waals surface area contributed by atoms with Gasteiger partial charge in [0.1, 0.15) is 29.3 Å². The average molecular weight is 400 g/mol. The van der Waals surface area contributed by atoms with Crippen molar-refractivity contribution in [2.24, 2.45) is 0 Å². The van der Waals surface area contributed by atoms with Crippen LogP contribution in [0.25, 0.3) is 11.0 Å². The van der Waals surface area contributed by atoms with Gasteiger partial charge in [0.05, 0.1) is 11.0 Å². The van der Waals surface area contributed by atoms with E-state index < -0.39 is 33.8 Å². The molecule has 0 spiro atoms.